The molecule has 1 unspecified atom stereocenters. The largest absolute Gasteiger partial charge is 0.387 e. The van der Waals surface area contributed by atoms with Crippen LogP contribution in [0.15, 0.2) is 24.5 Å². The van der Waals surface area contributed by atoms with E-state index in [1.54, 1.807) is 18.2 Å². The molecule has 2 aromatic rings. The van der Waals surface area contributed by atoms with Gasteiger partial charge in [-0.3, -0.25) is 4.79 Å². The first kappa shape index (κ1) is 21.3. The van der Waals surface area contributed by atoms with Crippen molar-refractivity contribution in [2.24, 2.45) is 5.73 Å². The van der Waals surface area contributed by atoms with Gasteiger partial charge in [-0.05, 0) is 30.0 Å². The van der Waals surface area contributed by atoms with E-state index < -0.39 is 12.0 Å². The van der Waals surface area contributed by atoms with Crippen LogP contribution < -0.4 is 10.6 Å². The first-order valence-electron chi connectivity index (χ1n) is 10.1. The third-order valence-electron chi connectivity index (χ3n) is 6.05. The van der Waals surface area contributed by atoms with E-state index in [1.165, 1.54) is 6.33 Å². The lowest BCUT2D eigenvalue weighted by atomic mass is 9.97. The number of benzene rings is 1. The summed E-state index contributed by atoms with van der Waals surface area (Å²) in [6.45, 7) is 4.77. The minimum atomic E-state index is -0.531. The zero-order chi connectivity index (χ0) is 21.4. The number of aromatic nitrogens is 2. The quantitative estimate of drug-likeness (QED) is 0.744. The predicted octanol–water partition coefficient (Wildman–Crippen LogP) is 2.72. The normalized spacial score (nSPS) is 22.2. The lowest BCUT2D eigenvalue weighted by molar-refractivity contribution is -0.132. The summed E-state index contributed by atoms with van der Waals surface area (Å²) in [6.07, 6.45) is 1.65. The van der Waals surface area contributed by atoms with Gasteiger partial charge in [0.1, 0.15) is 12.1 Å². The van der Waals surface area contributed by atoms with Crippen molar-refractivity contribution in [1.29, 1.82) is 0 Å². The van der Waals surface area contributed by atoms with Gasteiger partial charge < -0.3 is 20.6 Å². The molecule has 3 atom stereocenters. The number of carbonyl (C=O) groups is 1. The molecular formula is C21H25Cl2N5O2. The number of hydrogen-bond acceptors (Lipinski definition) is 6. The Morgan fingerprint density at radius 3 is 2.63 bits per heavy atom. The average molecular weight is 450 g/mol. The van der Waals surface area contributed by atoms with Crippen LogP contribution >= 0.6 is 23.2 Å². The van der Waals surface area contributed by atoms with Crippen molar-refractivity contribution in [3.8, 4) is 0 Å². The highest BCUT2D eigenvalue weighted by Gasteiger charge is 2.34. The molecule has 1 aromatic heterocycles. The van der Waals surface area contributed by atoms with Gasteiger partial charge >= 0.3 is 0 Å². The number of anilines is 1. The summed E-state index contributed by atoms with van der Waals surface area (Å²) in [7, 11) is 0. The molecule has 1 aliphatic carbocycles. The summed E-state index contributed by atoms with van der Waals surface area (Å²) in [5.41, 5.74) is 8.47. The number of fused-ring (bicyclic) bond motifs is 1. The fourth-order valence-electron chi connectivity index (χ4n) is 4.42. The number of halogens is 2. The van der Waals surface area contributed by atoms with Gasteiger partial charge in [-0.2, -0.15) is 0 Å². The lowest BCUT2D eigenvalue weighted by Crippen LogP contribution is -2.51. The van der Waals surface area contributed by atoms with Crippen molar-refractivity contribution in [2.45, 2.75) is 31.3 Å². The van der Waals surface area contributed by atoms with Gasteiger partial charge in [-0.25, -0.2) is 9.97 Å². The highest BCUT2D eigenvalue weighted by Crippen LogP contribution is 2.42. The zero-order valence-electron chi connectivity index (χ0n) is 16.8. The van der Waals surface area contributed by atoms with Crippen LogP contribution in [0.1, 0.15) is 48.1 Å². The number of amides is 1. The molecule has 9 heteroatoms. The summed E-state index contributed by atoms with van der Waals surface area (Å²) in [4.78, 5) is 25.9. The standard InChI is InChI=1S/C21H25Cl2N5O2/c1-12-8-17(29)19-18(12)20(26-11-25-19)27-4-6-28(7-5-27)21(30)14(10-24)13-2-3-15(22)16(23)9-13/h2-3,9,11-12,14,17,29H,4-8,10,24H2,1H3/t12?,14-,17+/m1/s1. The lowest BCUT2D eigenvalue weighted by Gasteiger charge is -2.37. The summed E-state index contributed by atoms with van der Waals surface area (Å²) in [6, 6.07) is 5.21. The molecule has 1 aromatic carbocycles. The Morgan fingerprint density at radius 1 is 1.23 bits per heavy atom. The average Bonchev–Trinajstić information content (AvgIpc) is 3.05. The first-order valence-corrected chi connectivity index (χ1v) is 10.9. The summed E-state index contributed by atoms with van der Waals surface area (Å²) in [5, 5.41) is 11.1. The molecule has 1 amide bonds. The second-order valence-electron chi connectivity index (χ2n) is 7.92. The number of piperazine rings is 1. The molecule has 1 fully saturated rings. The minimum absolute atomic E-state index is 0.00718. The third-order valence-corrected chi connectivity index (χ3v) is 6.79. The van der Waals surface area contributed by atoms with Gasteiger partial charge in [0.25, 0.3) is 0 Å². The smallest absolute Gasteiger partial charge is 0.231 e. The maximum atomic E-state index is 13.1. The van der Waals surface area contributed by atoms with Crippen LogP contribution in [0.25, 0.3) is 0 Å². The van der Waals surface area contributed by atoms with Crippen LogP contribution in [0.2, 0.25) is 10.0 Å². The van der Waals surface area contributed by atoms with Crippen molar-refractivity contribution < 1.29 is 9.90 Å². The SMILES string of the molecule is CC1C[C@H](O)c2ncnc(N3CCN(C(=O)[C@H](CN)c4ccc(Cl)c(Cl)c4)CC3)c21. The van der Waals surface area contributed by atoms with E-state index in [0.29, 0.717) is 42.6 Å². The number of nitrogens with zero attached hydrogens (tertiary/aromatic N) is 4. The molecular weight excluding hydrogens is 425 g/mol. The van der Waals surface area contributed by atoms with Gasteiger partial charge in [0.2, 0.25) is 5.91 Å². The molecule has 3 N–H and O–H groups in total. The molecule has 0 saturated carbocycles. The molecule has 0 spiro atoms. The van der Waals surface area contributed by atoms with Crippen molar-refractivity contribution >= 4 is 34.9 Å². The molecule has 0 radical (unpaired) electrons. The van der Waals surface area contributed by atoms with Crippen molar-refractivity contribution in [3.05, 3.63) is 51.4 Å². The van der Waals surface area contributed by atoms with Crippen molar-refractivity contribution in [3.63, 3.8) is 0 Å². The van der Waals surface area contributed by atoms with Crippen LogP contribution in [0, 0.1) is 0 Å². The fraction of sp³-hybridized carbons (Fsp3) is 0.476. The number of nitrogens with two attached hydrogens (primary N) is 1. The Labute approximate surface area is 185 Å². The van der Waals surface area contributed by atoms with E-state index in [-0.39, 0.29) is 18.4 Å². The van der Waals surface area contributed by atoms with Crippen LogP contribution in [0.3, 0.4) is 0 Å². The van der Waals surface area contributed by atoms with Crippen LogP contribution in [0.4, 0.5) is 5.82 Å². The predicted molar refractivity (Wildman–Crippen MR) is 117 cm³/mol. The second kappa shape index (κ2) is 8.67. The Morgan fingerprint density at radius 2 is 1.97 bits per heavy atom. The number of aliphatic hydroxyl groups is 1. The Balaban J connectivity index is 1.47. The van der Waals surface area contributed by atoms with Gasteiger partial charge in [-0.1, -0.05) is 36.2 Å². The van der Waals surface area contributed by atoms with Gasteiger partial charge in [0, 0.05) is 38.3 Å². The second-order valence-corrected chi connectivity index (χ2v) is 8.74. The van der Waals surface area contributed by atoms with E-state index in [4.69, 9.17) is 28.9 Å². The molecule has 7 nitrogen and oxygen atoms in total. The van der Waals surface area contributed by atoms with E-state index in [0.717, 1.165) is 22.6 Å². The molecule has 1 aliphatic heterocycles. The fourth-order valence-corrected chi connectivity index (χ4v) is 4.73. The Bertz CT molecular complexity index is 949. The molecule has 4 rings (SSSR count). The third kappa shape index (κ3) is 3.87. The Kier molecular flexibility index (Phi) is 6.16. The highest BCUT2D eigenvalue weighted by molar-refractivity contribution is 6.42. The Hall–Kier alpha value is -1.93. The molecule has 160 valence electrons. The molecule has 0 bridgehead atoms. The van der Waals surface area contributed by atoms with Gasteiger partial charge in [0.05, 0.1) is 27.8 Å². The zero-order valence-corrected chi connectivity index (χ0v) is 18.3. The summed E-state index contributed by atoms with van der Waals surface area (Å²) >= 11 is 12.1. The summed E-state index contributed by atoms with van der Waals surface area (Å²) in [5.74, 6) is 0.621. The van der Waals surface area contributed by atoms with E-state index in [2.05, 4.69) is 21.8 Å². The monoisotopic (exact) mass is 449 g/mol. The minimum Gasteiger partial charge on any atom is -0.387 e. The maximum Gasteiger partial charge on any atom is 0.231 e. The van der Waals surface area contributed by atoms with Crippen LogP contribution in [0.5, 0.6) is 0 Å². The molecule has 2 heterocycles. The maximum absolute atomic E-state index is 13.1. The van der Waals surface area contributed by atoms with Crippen LogP contribution in [-0.2, 0) is 4.79 Å². The van der Waals surface area contributed by atoms with Gasteiger partial charge in [-0.15, -0.1) is 0 Å². The first-order chi connectivity index (χ1) is 14.4. The van der Waals surface area contributed by atoms with Crippen molar-refractivity contribution in [2.75, 3.05) is 37.6 Å². The highest BCUT2D eigenvalue weighted by atomic mass is 35.5. The molecule has 2 aliphatic rings. The topological polar surface area (TPSA) is 95.6 Å². The number of rotatable bonds is 4. The van der Waals surface area contributed by atoms with E-state index in [9.17, 15) is 9.90 Å². The number of aliphatic hydroxyl groups excluding tert-OH is 1. The molecule has 30 heavy (non-hydrogen) atoms. The van der Waals surface area contributed by atoms with Crippen LogP contribution in [-0.4, -0.2) is 58.6 Å². The number of hydrogen-bond donors (Lipinski definition) is 2. The van der Waals surface area contributed by atoms with Crippen molar-refractivity contribution in [1.82, 2.24) is 14.9 Å². The van der Waals surface area contributed by atoms with Gasteiger partial charge in [0.15, 0.2) is 0 Å². The number of carbonyl (C=O) groups excluding carboxylic acids is 1. The summed E-state index contributed by atoms with van der Waals surface area (Å²) < 4.78 is 0. The van der Waals surface area contributed by atoms with E-state index >= 15 is 0 Å². The molecule has 1 saturated heterocycles. The van der Waals surface area contributed by atoms with E-state index in [1.807, 2.05) is 4.90 Å².